The van der Waals surface area contributed by atoms with Gasteiger partial charge in [-0.3, -0.25) is 0 Å². The summed E-state index contributed by atoms with van der Waals surface area (Å²) in [4.78, 5) is 0. The smallest absolute Gasteiger partial charge is 0.126 e. The predicted molar refractivity (Wildman–Crippen MR) is 72.7 cm³/mol. The lowest BCUT2D eigenvalue weighted by molar-refractivity contribution is 0.403. The maximum atomic E-state index is 13.5. The number of halogens is 1. The van der Waals surface area contributed by atoms with E-state index in [1.165, 1.54) is 30.4 Å². The zero-order chi connectivity index (χ0) is 12.1. The standard InChI is InChI=1S/C14H20FNS/c15-14-4-2-1-3-12(14)10-13(16)9-11-5-7-17-8-6-11/h1-4,11,13H,5-10,16H2. The van der Waals surface area contributed by atoms with Crippen LogP contribution in [0.1, 0.15) is 24.8 Å². The van der Waals surface area contributed by atoms with E-state index in [1.54, 1.807) is 6.07 Å². The van der Waals surface area contributed by atoms with Crippen molar-refractivity contribution in [2.75, 3.05) is 11.5 Å². The van der Waals surface area contributed by atoms with Gasteiger partial charge in [0, 0.05) is 6.04 Å². The van der Waals surface area contributed by atoms with Crippen LogP contribution in [0, 0.1) is 11.7 Å². The number of hydrogen-bond acceptors (Lipinski definition) is 2. The molecule has 2 N–H and O–H groups in total. The molecular formula is C14H20FNS. The molecule has 3 heteroatoms. The monoisotopic (exact) mass is 253 g/mol. The molecule has 1 aliphatic heterocycles. The third-order valence-electron chi connectivity index (χ3n) is 3.42. The summed E-state index contributed by atoms with van der Waals surface area (Å²) in [5.41, 5.74) is 6.89. The number of rotatable bonds is 4. The van der Waals surface area contributed by atoms with Crippen molar-refractivity contribution in [3.63, 3.8) is 0 Å². The van der Waals surface area contributed by atoms with E-state index in [0.29, 0.717) is 6.42 Å². The lowest BCUT2D eigenvalue weighted by Gasteiger charge is -2.24. The first-order chi connectivity index (χ1) is 8.25. The fourth-order valence-electron chi connectivity index (χ4n) is 2.44. The van der Waals surface area contributed by atoms with Crippen LogP contribution in [-0.4, -0.2) is 17.5 Å². The predicted octanol–water partition coefficient (Wildman–Crippen LogP) is 3.23. The molecule has 1 heterocycles. The Morgan fingerprint density at radius 1 is 1.29 bits per heavy atom. The SMILES string of the molecule is NC(Cc1ccccc1F)CC1CCSCC1. The van der Waals surface area contributed by atoms with Crippen LogP contribution < -0.4 is 5.73 Å². The lowest BCUT2D eigenvalue weighted by atomic mass is 9.91. The van der Waals surface area contributed by atoms with Gasteiger partial charge in [-0.15, -0.1) is 0 Å². The molecule has 94 valence electrons. The summed E-state index contributed by atoms with van der Waals surface area (Å²) >= 11 is 2.03. The first kappa shape index (κ1) is 12.9. The molecule has 0 bridgehead atoms. The van der Waals surface area contributed by atoms with Crippen molar-refractivity contribution < 1.29 is 4.39 Å². The van der Waals surface area contributed by atoms with E-state index in [9.17, 15) is 4.39 Å². The number of nitrogens with two attached hydrogens (primary N) is 1. The summed E-state index contributed by atoms with van der Waals surface area (Å²) in [6.45, 7) is 0. The Morgan fingerprint density at radius 3 is 2.71 bits per heavy atom. The van der Waals surface area contributed by atoms with Crippen LogP contribution in [0.15, 0.2) is 24.3 Å². The average molecular weight is 253 g/mol. The largest absolute Gasteiger partial charge is 0.327 e. The van der Waals surface area contributed by atoms with E-state index in [1.807, 2.05) is 23.9 Å². The maximum Gasteiger partial charge on any atom is 0.126 e. The van der Waals surface area contributed by atoms with E-state index in [4.69, 9.17) is 5.73 Å². The highest BCUT2D eigenvalue weighted by Crippen LogP contribution is 2.26. The fraction of sp³-hybridized carbons (Fsp3) is 0.571. The van der Waals surface area contributed by atoms with Gasteiger partial charge in [0.25, 0.3) is 0 Å². The number of hydrogen-bond donors (Lipinski definition) is 1. The summed E-state index contributed by atoms with van der Waals surface area (Å²) in [5.74, 6) is 3.15. The van der Waals surface area contributed by atoms with Crippen molar-refractivity contribution in [2.45, 2.75) is 31.7 Å². The van der Waals surface area contributed by atoms with Crippen LogP contribution in [0.2, 0.25) is 0 Å². The zero-order valence-electron chi connectivity index (χ0n) is 10.1. The highest BCUT2D eigenvalue weighted by atomic mass is 32.2. The summed E-state index contributed by atoms with van der Waals surface area (Å²) in [6, 6.07) is 7.05. The van der Waals surface area contributed by atoms with Crippen LogP contribution in [0.5, 0.6) is 0 Å². The molecule has 0 spiro atoms. The van der Waals surface area contributed by atoms with E-state index in [-0.39, 0.29) is 11.9 Å². The minimum atomic E-state index is -0.123. The van der Waals surface area contributed by atoms with E-state index < -0.39 is 0 Å². The Labute approximate surface area is 107 Å². The second-order valence-electron chi connectivity index (χ2n) is 4.85. The van der Waals surface area contributed by atoms with Gasteiger partial charge < -0.3 is 5.73 Å². The van der Waals surface area contributed by atoms with Crippen LogP contribution in [0.3, 0.4) is 0 Å². The van der Waals surface area contributed by atoms with Crippen molar-refractivity contribution in [2.24, 2.45) is 11.7 Å². The molecule has 1 atom stereocenters. The van der Waals surface area contributed by atoms with Crippen LogP contribution in [-0.2, 0) is 6.42 Å². The molecule has 0 aromatic heterocycles. The van der Waals surface area contributed by atoms with E-state index in [0.717, 1.165) is 17.9 Å². The van der Waals surface area contributed by atoms with Gasteiger partial charge >= 0.3 is 0 Å². The summed E-state index contributed by atoms with van der Waals surface area (Å²) in [6.07, 6.45) is 4.25. The summed E-state index contributed by atoms with van der Waals surface area (Å²) in [5, 5.41) is 0. The molecule has 1 aliphatic rings. The Hall–Kier alpha value is -0.540. The summed E-state index contributed by atoms with van der Waals surface area (Å²) in [7, 11) is 0. The second kappa shape index (κ2) is 6.41. The first-order valence-corrected chi connectivity index (χ1v) is 7.48. The summed E-state index contributed by atoms with van der Waals surface area (Å²) < 4.78 is 13.5. The lowest BCUT2D eigenvalue weighted by Crippen LogP contribution is -2.28. The fourth-order valence-corrected chi connectivity index (χ4v) is 3.64. The highest BCUT2D eigenvalue weighted by Gasteiger charge is 2.17. The normalized spacial score (nSPS) is 19.2. The van der Waals surface area contributed by atoms with Gasteiger partial charge in [0.15, 0.2) is 0 Å². The molecule has 0 amide bonds. The molecule has 1 unspecified atom stereocenters. The first-order valence-electron chi connectivity index (χ1n) is 6.32. The molecule has 1 nitrogen and oxygen atoms in total. The molecule has 0 saturated carbocycles. The van der Waals surface area contributed by atoms with Gasteiger partial charge in [0.05, 0.1) is 0 Å². The van der Waals surface area contributed by atoms with Crippen molar-refractivity contribution in [1.82, 2.24) is 0 Å². The van der Waals surface area contributed by atoms with E-state index in [2.05, 4.69) is 0 Å². The van der Waals surface area contributed by atoms with Crippen LogP contribution in [0.25, 0.3) is 0 Å². The molecule has 1 aromatic rings. The highest BCUT2D eigenvalue weighted by molar-refractivity contribution is 7.99. The maximum absolute atomic E-state index is 13.5. The molecule has 17 heavy (non-hydrogen) atoms. The van der Waals surface area contributed by atoms with Gasteiger partial charge in [0.1, 0.15) is 5.82 Å². The van der Waals surface area contributed by atoms with Crippen molar-refractivity contribution in [1.29, 1.82) is 0 Å². The second-order valence-corrected chi connectivity index (χ2v) is 6.07. The molecule has 2 rings (SSSR count). The van der Waals surface area contributed by atoms with Gasteiger partial charge in [-0.2, -0.15) is 11.8 Å². The molecule has 1 saturated heterocycles. The Kier molecular flexibility index (Phi) is 4.86. The minimum Gasteiger partial charge on any atom is -0.327 e. The Balaban J connectivity index is 1.84. The molecule has 0 aliphatic carbocycles. The van der Waals surface area contributed by atoms with Gasteiger partial charge in [-0.1, -0.05) is 18.2 Å². The molecule has 0 radical (unpaired) electrons. The Morgan fingerprint density at radius 2 is 2.00 bits per heavy atom. The molecule has 1 fully saturated rings. The van der Waals surface area contributed by atoms with Gasteiger partial charge in [-0.05, 0) is 54.7 Å². The van der Waals surface area contributed by atoms with Gasteiger partial charge in [0.2, 0.25) is 0 Å². The zero-order valence-corrected chi connectivity index (χ0v) is 10.9. The topological polar surface area (TPSA) is 26.0 Å². The quantitative estimate of drug-likeness (QED) is 0.891. The van der Waals surface area contributed by atoms with Crippen molar-refractivity contribution in [3.05, 3.63) is 35.6 Å². The van der Waals surface area contributed by atoms with Crippen LogP contribution in [0.4, 0.5) is 4.39 Å². The minimum absolute atomic E-state index is 0.0972. The van der Waals surface area contributed by atoms with E-state index >= 15 is 0 Å². The van der Waals surface area contributed by atoms with Crippen LogP contribution >= 0.6 is 11.8 Å². The number of thioether (sulfide) groups is 1. The Bertz CT molecular complexity index is 350. The third kappa shape index (κ3) is 4.00. The number of benzene rings is 1. The molecular weight excluding hydrogens is 233 g/mol. The van der Waals surface area contributed by atoms with Gasteiger partial charge in [-0.25, -0.2) is 4.39 Å². The van der Waals surface area contributed by atoms with Crippen molar-refractivity contribution in [3.8, 4) is 0 Å². The third-order valence-corrected chi connectivity index (χ3v) is 4.47. The average Bonchev–Trinajstić information content (AvgIpc) is 2.33. The molecule has 1 aromatic carbocycles. The van der Waals surface area contributed by atoms with Crippen molar-refractivity contribution >= 4 is 11.8 Å².